The Balaban J connectivity index is 1.50. The number of nitrogens with one attached hydrogen (secondary N) is 2. The van der Waals surface area contributed by atoms with Crippen LogP contribution >= 0.6 is 0 Å². The van der Waals surface area contributed by atoms with Gasteiger partial charge in [-0.3, -0.25) is 9.08 Å². The Morgan fingerprint density at radius 1 is 1.20 bits per heavy atom. The highest BCUT2D eigenvalue weighted by molar-refractivity contribution is 5.79. The Hall–Kier alpha value is -2.97. The lowest BCUT2D eigenvalue weighted by Gasteiger charge is -2.10. The van der Waals surface area contributed by atoms with Crippen LogP contribution in [0.25, 0.3) is 5.65 Å². The van der Waals surface area contributed by atoms with E-state index in [4.69, 9.17) is 0 Å². The van der Waals surface area contributed by atoms with Gasteiger partial charge in [-0.25, -0.2) is 9.98 Å². The second kappa shape index (κ2) is 8.22. The molecule has 132 valence electrons. The van der Waals surface area contributed by atoms with Crippen molar-refractivity contribution in [1.29, 1.82) is 0 Å². The highest BCUT2D eigenvalue weighted by atomic mass is 15.3. The molecule has 0 unspecified atom stereocenters. The minimum Gasteiger partial charge on any atom is -0.357 e. The number of aliphatic imine (C=N–C) groups is 1. The second-order valence-electron chi connectivity index (χ2n) is 5.57. The lowest BCUT2D eigenvalue weighted by molar-refractivity contribution is 0.690. The zero-order valence-electron chi connectivity index (χ0n) is 14.6. The molecule has 9 nitrogen and oxygen atoms in total. The third-order valence-corrected chi connectivity index (χ3v) is 3.78. The minimum absolute atomic E-state index is 0.487. The molecule has 0 fully saturated rings. The number of guanidine groups is 1. The van der Waals surface area contributed by atoms with Gasteiger partial charge in [-0.1, -0.05) is 6.07 Å². The van der Waals surface area contributed by atoms with Crippen molar-refractivity contribution in [3.63, 3.8) is 0 Å². The monoisotopic (exact) mass is 341 g/mol. The fourth-order valence-electron chi connectivity index (χ4n) is 2.47. The molecule has 0 atom stereocenters. The fourth-order valence-corrected chi connectivity index (χ4v) is 2.47. The predicted molar refractivity (Wildman–Crippen MR) is 95.1 cm³/mol. The van der Waals surface area contributed by atoms with E-state index in [2.05, 4.69) is 35.9 Å². The maximum Gasteiger partial charge on any atom is 0.191 e. The summed E-state index contributed by atoms with van der Waals surface area (Å²) in [6.07, 6.45) is 5.31. The van der Waals surface area contributed by atoms with E-state index in [1.165, 1.54) is 6.33 Å². The summed E-state index contributed by atoms with van der Waals surface area (Å²) in [5, 5.41) is 19.0. The van der Waals surface area contributed by atoms with Crippen LogP contribution in [-0.2, 0) is 20.0 Å². The lowest BCUT2D eigenvalue weighted by atomic mass is 10.3. The average Bonchev–Trinajstić information content (AvgIpc) is 3.22. The first-order chi connectivity index (χ1) is 12.3. The second-order valence-corrected chi connectivity index (χ2v) is 5.57. The van der Waals surface area contributed by atoms with Gasteiger partial charge in [-0.2, -0.15) is 5.10 Å². The highest BCUT2D eigenvalue weighted by Crippen LogP contribution is 2.04. The summed E-state index contributed by atoms with van der Waals surface area (Å²) in [6.45, 7) is 4.13. The molecule has 0 saturated carbocycles. The van der Waals surface area contributed by atoms with Gasteiger partial charge in [0.15, 0.2) is 11.6 Å². The minimum atomic E-state index is 0.487. The molecule has 0 radical (unpaired) electrons. The van der Waals surface area contributed by atoms with Crippen molar-refractivity contribution in [2.75, 3.05) is 13.1 Å². The molecule has 3 aromatic rings. The number of hydrogen-bond donors (Lipinski definition) is 2. The number of aryl methyl sites for hydroxylation is 2. The van der Waals surface area contributed by atoms with Gasteiger partial charge in [0.1, 0.15) is 24.5 Å². The zero-order chi connectivity index (χ0) is 17.5. The normalized spacial score (nSPS) is 11.8. The SMILES string of the molecule is CCNC(=NCc1ncnn1C)NCCCc1nnc2ccccn12. The van der Waals surface area contributed by atoms with Gasteiger partial charge in [0.2, 0.25) is 0 Å². The number of nitrogens with zero attached hydrogens (tertiary/aromatic N) is 7. The van der Waals surface area contributed by atoms with Gasteiger partial charge in [0.05, 0.1) is 0 Å². The first kappa shape index (κ1) is 16.9. The molecule has 0 spiro atoms. The molecule has 9 heteroatoms. The molecule has 0 aliphatic rings. The van der Waals surface area contributed by atoms with E-state index < -0.39 is 0 Å². The molecule has 3 aromatic heterocycles. The topological polar surface area (TPSA) is 97.3 Å². The molecule has 0 amide bonds. The zero-order valence-corrected chi connectivity index (χ0v) is 14.6. The van der Waals surface area contributed by atoms with Crippen molar-refractivity contribution >= 4 is 11.6 Å². The Morgan fingerprint density at radius 2 is 2.12 bits per heavy atom. The van der Waals surface area contributed by atoms with Crippen LogP contribution in [-0.4, -0.2) is 48.4 Å². The van der Waals surface area contributed by atoms with E-state index in [-0.39, 0.29) is 0 Å². The summed E-state index contributed by atoms with van der Waals surface area (Å²) in [7, 11) is 1.86. The smallest absolute Gasteiger partial charge is 0.191 e. The van der Waals surface area contributed by atoms with Crippen LogP contribution in [0.5, 0.6) is 0 Å². The molecule has 0 aromatic carbocycles. The van der Waals surface area contributed by atoms with Gasteiger partial charge in [0, 0.05) is 32.8 Å². The van der Waals surface area contributed by atoms with Gasteiger partial charge in [-0.15, -0.1) is 10.2 Å². The largest absolute Gasteiger partial charge is 0.357 e. The summed E-state index contributed by atoms with van der Waals surface area (Å²) in [4.78, 5) is 8.72. The fraction of sp³-hybridized carbons (Fsp3) is 0.438. The van der Waals surface area contributed by atoms with E-state index in [1.807, 2.05) is 42.8 Å². The molecule has 3 heterocycles. The lowest BCUT2D eigenvalue weighted by Crippen LogP contribution is -2.38. The van der Waals surface area contributed by atoms with Gasteiger partial charge < -0.3 is 10.6 Å². The summed E-state index contributed by atoms with van der Waals surface area (Å²) >= 11 is 0. The third kappa shape index (κ3) is 4.31. The van der Waals surface area contributed by atoms with Crippen LogP contribution in [0, 0.1) is 0 Å². The summed E-state index contributed by atoms with van der Waals surface area (Å²) < 4.78 is 3.75. The quantitative estimate of drug-likeness (QED) is 0.370. The first-order valence-corrected chi connectivity index (χ1v) is 8.41. The molecule has 2 N–H and O–H groups in total. The first-order valence-electron chi connectivity index (χ1n) is 8.41. The van der Waals surface area contributed by atoms with Crippen molar-refractivity contribution in [3.05, 3.63) is 42.4 Å². The summed E-state index contributed by atoms with van der Waals surface area (Å²) in [5.74, 6) is 2.57. The van der Waals surface area contributed by atoms with E-state index in [1.54, 1.807) is 4.68 Å². The van der Waals surface area contributed by atoms with E-state index in [0.717, 1.165) is 49.2 Å². The summed E-state index contributed by atoms with van der Waals surface area (Å²) in [5.41, 5.74) is 0.879. The molecule has 0 aliphatic carbocycles. The molecule has 0 saturated heterocycles. The Labute approximate surface area is 146 Å². The number of pyridine rings is 1. The number of rotatable bonds is 7. The van der Waals surface area contributed by atoms with E-state index in [9.17, 15) is 0 Å². The van der Waals surface area contributed by atoms with Crippen LogP contribution < -0.4 is 10.6 Å². The standard InChI is InChI=1S/C16H23N9/c1-3-17-16(19-11-15-20-12-21-24(15)2)18-9-6-8-14-23-22-13-7-4-5-10-25(13)14/h4-5,7,10,12H,3,6,8-9,11H2,1-2H3,(H2,17,18,19). The van der Waals surface area contributed by atoms with Crippen LogP contribution in [0.1, 0.15) is 25.0 Å². The van der Waals surface area contributed by atoms with Crippen LogP contribution in [0.2, 0.25) is 0 Å². The number of aromatic nitrogens is 6. The highest BCUT2D eigenvalue weighted by Gasteiger charge is 2.05. The van der Waals surface area contributed by atoms with Gasteiger partial charge >= 0.3 is 0 Å². The van der Waals surface area contributed by atoms with Crippen molar-refractivity contribution in [3.8, 4) is 0 Å². The molecule has 3 rings (SSSR count). The van der Waals surface area contributed by atoms with Crippen molar-refractivity contribution in [2.24, 2.45) is 12.0 Å². The van der Waals surface area contributed by atoms with Crippen LogP contribution in [0.15, 0.2) is 35.7 Å². The molecule has 0 bridgehead atoms. The molecule has 0 aliphatic heterocycles. The van der Waals surface area contributed by atoms with Gasteiger partial charge in [0.25, 0.3) is 0 Å². The van der Waals surface area contributed by atoms with Crippen LogP contribution in [0.3, 0.4) is 0 Å². The Morgan fingerprint density at radius 3 is 2.92 bits per heavy atom. The maximum atomic E-state index is 4.54. The van der Waals surface area contributed by atoms with Crippen molar-refractivity contribution in [1.82, 2.24) is 40.0 Å². The Kier molecular flexibility index (Phi) is 5.55. The summed E-state index contributed by atoms with van der Waals surface area (Å²) in [6, 6.07) is 5.91. The van der Waals surface area contributed by atoms with Gasteiger partial charge in [-0.05, 0) is 25.5 Å². The Bertz CT molecular complexity index is 833. The maximum absolute atomic E-state index is 4.54. The third-order valence-electron chi connectivity index (χ3n) is 3.78. The average molecular weight is 341 g/mol. The van der Waals surface area contributed by atoms with Crippen LogP contribution in [0.4, 0.5) is 0 Å². The van der Waals surface area contributed by atoms with E-state index >= 15 is 0 Å². The number of hydrogen-bond acceptors (Lipinski definition) is 5. The molecule has 25 heavy (non-hydrogen) atoms. The number of fused-ring (bicyclic) bond motifs is 1. The molecular formula is C16H23N9. The predicted octanol–water partition coefficient (Wildman–Crippen LogP) is 0.546. The van der Waals surface area contributed by atoms with Crippen molar-refractivity contribution < 1.29 is 0 Å². The van der Waals surface area contributed by atoms with E-state index in [0.29, 0.717) is 6.54 Å². The van der Waals surface area contributed by atoms with Crippen molar-refractivity contribution in [2.45, 2.75) is 26.3 Å². The molecular weight excluding hydrogens is 318 g/mol.